The summed E-state index contributed by atoms with van der Waals surface area (Å²) in [7, 11) is 0. The van der Waals surface area contributed by atoms with Crippen LogP contribution < -0.4 is 5.32 Å². The molecular formula is C14H10Cl3NO2. The van der Waals surface area contributed by atoms with Crippen molar-refractivity contribution in [3.63, 3.8) is 0 Å². The van der Waals surface area contributed by atoms with E-state index in [1.165, 1.54) is 12.1 Å². The number of carbonyl (C=O) groups is 1. The van der Waals surface area contributed by atoms with Gasteiger partial charge in [-0.2, -0.15) is 0 Å². The third-order valence-corrected chi connectivity index (χ3v) is 3.79. The first kappa shape index (κ1) is 15.0. The Labute approximate surface area is 131 Å². The van der Waals surface area contributed by atoms with E-state index in [0.717, 1.165) is 5.56 Å². The lowest BCUT2D eigenvalue weighted by molar-refractivity contribution is 0.102. The van der Waals surface area contributed by atoms with Crippen molar-refractivity contribution in [1.29, 1.82) is 0 Å². The lowest BCUT2D eigenvalue weighted by Gasteiger charge is -2.10. The highest BCUT2D eigenvalue weighted by molar-refractivity contribution is 6.38. The second-order valence-electron chi connectivity index (χ2n) is 4.18. The molecule has 0 radical (unpaired) electrons. The molecule has 2 N–H and O–H groups in total. The highest BCUT2D eigenvalue weighted by atomic mass is 35.5. The molecule has 0 heterocycles. The maximum absolute atomic E-state index is 12.2. The molecule has 0 saturated heterocycles. The highest BCUT2D eigenvalue weighted by Gasteiger charge is 2.13. The summed E-state index contributed by atoms with van der Waals surface area (Å²) < 4.78 is 0. The summed E-state index contributed by atoms with van der Waals surface area (Å²) in [6.07, 6.45) is 0. The molecule has 0 fully saturated rings. The summed E-state index contributed by atoms with van der Waals surface area (Å²) >= 11 is 17.7. The van der Waals surface area contributed by atoms with Gasteiger partial charge in [0.05, 0.1) is 20.6 Å². The van der Waals surface area contributed by atoms with Crippen molar-refractivity contribution in [3.8, 4) is 5.75 Å². The highest BCUT2D eigenvalue weighted by Crippen LogP contribution is 2.35. The number of amides is 1. The lowest BCUT2D eigenvalue weighted by atomic mass is 10.1. The Kier molecular flexibility index (Phi) is 4.43. The Morgan fingerprint density at radius 3 is 2.35 bits per heavy atom. The molecule has 6 heteroatoms. The number of hydrogen-bond acceptors (Lipinski definition) is 2. The van der Waals surface area contributed by atoms with Gasteiger partial charge in [0.2, 0.25) is 0 Å². The molecule has 20 heavy (non-hydrogen) atoms. The van der Waals surface area contributed by atoms with E-state index in [-0.39, 0.29) is 21.7 Å². The first-order chi connectivity index (χ1) is 9.40. The van der Waals surface area contributed by atoms with Gasteiger partial charge in [0, 0.05) is 5.69 Å². The van der Waals surface area contributed by atoms with Crippen molar-refractivity contribution in [3.05, 3.63) is 56.5 Å². The number of phenols is 1. The summed E-state index contributed by atoms with van der Waals surface area (Å²) in [5.41, 5.74) is 1.54. The zero-order valence-electron chi connectivity index (χ0n) is 10.4. The quantitative estimate of drug-likeness (QED) is 0.768. The number of aromatic hydroxyl groups is 1. The standard InChI is InChI=1S/C14H10Cl3NO2/c1-7-3-2-4-9(12(7)17)14(20)18-8-5-10(15)13(19)11(16)6-8/h2-6,19H,1H3,(H,18,20). The van der Waals surface area contributed by atoms with Crippen LogP contribution in [0.2, 0.25) is 15.1 Å². The SMILES string of the molecule is Cc1cccc(C(=O)Nc2cc(Cl)c(O)c(Cl)c2)c1Cl. The molecule has 2 aromatic rings. The van der Waals surface area contributed by atoms with Crippen molar-refractivity contribution < 1.29 is 9.90 Å². The third-order valence-electron chi connectivity index (χ3n) is 2.71. The average Bonchev–Trinajstić information content (AvgIpc) is 2.39. The van der Waals surface area contributed by atoms with Crippen LogP contribution in [0.1, 0.15) is 15.9 Å². The fourth-order valence-electron chi connectivity index (χ4n) is 1.66. The van der Waals surface area contributed by atoms with Gasteiger partial charge in [-0.15, -0.1) is 0 Å². The Bertz CT molecular complexity index is 663. The van der Waals surface area contributed by atoms with Gasteiger partial charge in [-0.1, -0.05) is 46.9 Å². The average molecular weight is 331 g/mol. The van der Waals surface area contributed by atoms with E-state index < -0.39 is 0 Å². The van der Waals surface area contributed by atoms with Gasteiger partial charge in [0.25, 0.3) is 5.91 Å². The van der Waals surface area contributed by atoms with E-state index in [1.807, 2.05) is 13.0 Å². The second-order valence-corrected chi connectivity index (χ2v) is 5.37. The molecule has 0 unspecified atom stereocenters. The van der Waals surface area contributed by atoms with Crippen molar-refractivity contribution in [2.45, 2.75) is 6.92 Å². The van der Waals surface area contributed by atoms with Crippen LogP contribution in [-0.2, 0) is 0 Å². The number of halogens is 3. The van der Waals surface area contributed by atoms with Crippen molar-refractivity contribution in [1.82, 2.24) is 0 Å². The number of phenolic OH excluding ortho intramolecular Hbond substituents is 1. The monoisotopic (exact) mass is 329 g/mol. The predicted molar refractivity (Wildman–Crippen MR) is 82.3 cm³/mol. The maximum atomic E-state index is 12.2. The number of benzene rings is 2. The molecule has 1 amide bonds. The van der Waals surface area contributed by atoms with Crippen molar-refractivity contribution >= 4 is 46.4 Å². The van der Waals surface area contributed by atoms with Gasteiger partial charge in [0.1, 0.15) is 0 Å². The van der Waals surface area contributed by atoms with Gasteiger partial charge in [-0.25, -0.2) is 0 Å². The summed E-state index contributed by atoms with van der Waals surface area (Å²) in [4.78, 5) is 12.2. The first-order valence-electron chi connectivity index (χ1n) is 5.64. The minimum Gasteiger partial charge on any atom is -0.505 e. The molecule has 0 saturated carbocycles. The van der Waals surface area contributed by atoms with Crippen LogP contribution in [-0.4, -0.2) is 11.0 Å². The lowest BCUT2D eigenvalue weighted by Crippen LogP contribution is -2.12. The van der Waals surface area contributed by atoms with Crippen LogP contribution in [0.3, 0.4) is 0 Å². The molecule has 0 aliphatic carbocycles. The van der Waals surface area contributed by atoms with Gasteiger partial charge in [-0.05, 0) is 30.7 Å². The van der Waals surface area contributed by atoms with E-state index in [2.05, 4.69) is 5.32 Å². The van der Waals surface area contributed by atoms with Gasteiger partial charge in [0.15, 0.2) is 5.75 Å². The Morgan fingerprint density at radius 1 is 1.15 bits per heavy atom. The summed E-state index contributed by atoms with van der Waals surface area (Å²) in [5, 5.41) is 12.6. The predicted octanol–water partition coefficient (Wildman–Crippen LogP) is 4.91. The van der Waals surface area contributed by atoms with Crippen molar-refractivity contribution in [2.75, 3.05) is 5.32 Å². The second kappa shape index (κ2) is 5.92. The number of anilines is 1. The molecule has 0 spiro atoms. The molecule has 0 bridgehead atoms. The molecular weight excluding hydrogens is 321 g/mol. The van der Waals surface area contributed by atoms with Crippen LogP contribution in [0.25, 0.3) is 0 Å². The largest absolute Gasteiger partial charge is 0.505 e. The Balaban J connectivity index is 2.30. The van der Waals surface area contributed by atoms with Crippen LogP contribution in [0.5, 0.6) is 5.75 Å². The van der Waals surface area contributed by atoms with Crippen LogP contribution in [0.15, 0.2) is 30.3 Å². The van der Waals surface area contributed by atoms with E-state index in [1.54, 1.807) is 12.1 Å². The van der Waals surface area contributed by atoms with Crippen LogP contribution in [0.4, 0.5) is 5.69 Å². The smallest absolute Gasteiger partial charge is 0.257 e. The molecule has 0 aromatic heterocycles. The van der Waals surface area contributed by atoms with Gasteiger partial charge in [-0.3, -0.25) is 4.79 Å². The Morgan fingerprint density at radius 2 is 1.75 bits per heavy atom. The molecule has 3 nitrogen and oxygen atoms in total. The van der Waals surface area contributed by atoms with Gasteiger partial charge < -0.3 is 10.4 Å². The number of nitrogens with one attached hydrogen (secondary N) is 1. The number of hydrogen-bond donors (Lipinski definition) is 2. The van der Waals surface area contributed by atoms with Gasteiger partial charge >= 0.3 is 0 Å². The van der Waals surface area contributed by atoms with Crippen LogP contribution >= 0.6 is 34.8 Å². The summed E-state index contributed by atoms with van der Waals surface area (Å²) in [5.74, 6) is -0.601. The third kappa shape index (κ3) is 3.01. The van der Waals surface area contributed by atoms with E-state index in [9.17, 15) is 9.90 Å². The number of carbonyl (C=O) groups excluding carboxylic acids is 1. The number of rotatable bonds is 2. The normalized spacial score (nSPS) is 10.4. The van der Waals surface area contributed by atoms with E-state index >= 15 is 0 Å². The summed E-state index contributed by atoms with van der Waals surface area (Å²) in [6.45, 7) is 1.81. The van der Waals surface area contributed by atoms with Crippen molar-refractivity contribution in [2.24, 2.45) is 0 Å². The topological polar surface area (TPSA) is 49.3 Å². The van der Waals surface area contributed by atoms with E-state index in [4.69, 9.17) is 34.8 Å². The molecule has 0 aliphatic heterocycles. The zero-order chi connectivity index (χ0) is 14.9. The Hall–Kier alpha value is -1.42. The molecule has 104 valence electrons. The first-order valence-corrected chi connectivity index (χ1v) is 6.78. The van der Waals surface area contributed by atoms with E-state index in [0.29, 0.717) is 16.3 Å². The minimum absolute atomic E-state index is 0.0585. The number of aryl methyl sites for hydroxylation is 1. The fourth-order valence-corrected chi connectivity index (χ4v) is 2.36. The van der Waals surface area contributed by atoms with Crippen LogP contribution in [0, 0.1) is 6.92 Å². The molecule has 0 aliphatic rings. The molecule has 0 atom stereocenters. The molecule has 2 rings (SSSR count). The molecule has 2 aromatic carbocycles. The zero-order valence-corrected chi connectivity index (χ0v) is 12.6. The fraction of sp³-hybridized carbons (Fsp3) is 0.0714. The summed E-state index contributed by atoms with van der Waals surface area (Å²) in [6, 6.07) is 7.99. The maximum Gasteiger partial charge on any atom is 0.257 e. The minimum atomic E-state index is -0.378.